The highest BCUT2D eigenvalue weighted by Crippen LogP contribution is 2.22. The van der Waals surface area contributed by atoms with Crippen molar-refractivity contribution < 1.29 is 31.1 Å². The van der Waals surface area contributed by atoms with Gasteiger partial charge in [0.05, 0.1) is 11.7 Å². The zero-order chi connectivity index (χ0) is 17.2. The van der Waals surface area contributed by atoms with Crippen molar-refractivity contribution in [3.05, 3.63) is 65.2 Å². The maximum atomic E-state index is 13.5. The molecule has 124 valence electrons. The zero-order valence-corrected chi connectivity index (χ0v) is 12.2. The minimum absolute atomic E-state index is 0.741. The maximum Gasteiger partial charge on any atom is 0.246 e. The second-order valence-corrected chi connectivity index (χ2v) is 6.26. The summed E-state index contributed by atoms with van der Waals surface area (Å²) in [4.78, 5) is -1.23. The van der Waals surface area contributed by atoms with Crippen molar-refractivity contribution in [2.45, 2.75) is 11.0 Å². The Morgan fingerprint density at radius 1 is 0.913 bits per heavy atom. The molecule has 0 amide bonds. The number of aliphatic hydroxyl groups excluding tert-OH is 1. The van der Waals surface area contributed by atoms with Gasteiger partial charge in [-0.1, -0.05) is 12.1 Å². The zero-order valence-electron chi connectivity index (χ0n) is 11.4. The van der Waals surface area contributed by atoms with Gasteiger partial charge in [-0.3, -0.25) is 0 Å². The number of sulfonamides is 1. The van der Waals surface area contributed by atoms with Crippen molar-refractivity contribution in [2.75, 3.05) is 6.54 Å². The molecule has 0 saturated heterocycles. The van der Waals surface area contributed by atoms with Crippen LogP contribution in [0, 0.1) is 23.3 Å². The van der Waals surface area contributed by atoms with Crippen LogP contribution in [-0.2, 0) is 10.0 Å². The first-order valence-electron chi connectivity index (χ1n) is 6.29. The normalized spacial score (nSPS) is 13.1. The molecule has 4 nitrogen and oxygen atoms in total. The third kappa shape index (κ3) is 3.69. The van der Waals surface area contributed by atoms with Gasteiger partial charge >= 0.3 is 0 Å². The maximum absolute atomic E-state index is 13.5. The van der Waals surface area contributed by atoms with Crippen molar-refractivity contribution in [3.8, 4) is 0 Å². The molecule has 0 saturated carbocycles. The molecule has 0 aliphatic carbocycles. The summed E-state index contributed by atoms with van der Waals surface area (Å²) in [6.45, 7) is -0.867. The Balaban J connectivity index is 2.23. The largest absolute Gasteiger partial charge is 0.387 e. The van der Waals surface area contributed by atoms with Crippen LogP contribution in [0.15, 0.2) is 41.3 Å². The Morgan fingerprint density at radius 2 is 1.35 bits per heavy atom. The van der Waals surface area contributed by atoms with E-state index < -0.39 is 56.4 Å². The fourth-order valence-electron chi connectivity index (χ4n) is 1.93. The standard InChI is InChI=1S/C14H11F4NO3S/c15-8-3-1-4-9(16)13(8)12(20)7-19-23(21,22)14-10(17)5-2-6-11(14)18/h1-6,12,19-20H,7H2. The predicted molar refractivity (Wildman–Crippen MR) is 72.9 cm³/mol. The van der Waals surface area contributed by atoms with Gasteiger partial charge in [0.15, 0.2) is 4.90 Å². The summed E-state index contributed by atoms with van der Waals surface area (Å²) < 4.78 is 79.4. The Morgan fingerprint density at radius 3 is 1.83 bits per heavy atom. The molecule has 0 bridgehead atoms. The van der Waals surface area contributed by atoms with Gasteiger partial charge in [-0.2, -0.15) is 0 Å². The van der Waals surface area contributed by atoms with Crippen LogP contribution in [0.25, 0.3) is 0 Å². The molecule has 2 N–H and O–H groups in total. The van der Waals surface area contributed by atoms with Crippen LogP contribution in [-0.4, -0.2) is 20.1 Å². The SMILES string of the molecule is O=S(=O)(NCC(O)c1c(F)cccc1F)c1c(F)cccc1F. The Kier molecular flexibility index (Phi) is 5.03. The van der Waals surface area contributed by atoms with Gasteiger partial charge in [0.25, 0.3) is 0 Å². The monoisotopic (exact) mass is 349 g/mol. The first kappa shape index (κ1) is 17.4. The quantitative estimate of drug-likeness (QED) is 0.814. The summed E-state index contributed by atoms with van der Waals surface area (Å²) in [6.07, 6.45) is -1.87. The highest BCUT2D eigenvalue weighted by molar-refractivity contribution is 7.89. The third-order valence-electron chi connectivity index (χ3n) is 2.99. The highest BCUT2D eigenvalue weighted by atomic mass is 32.2. The molecule has 9 heteroatoms. The molecule has 1 unspecified atom stereocenters. The Labute approximate surface area is 129 Å². The molecule has 0 aromatic heterocycles. The minimum atomic E-state index is -4.66. The van der Waals surface area contributed by atoms with E-state index >= 15 is 0 Å². The lowest BCUT2D eigenvalue weighted by atomic mass is 10.1. The summed E-state index contributed by atoms with van der Waals surface area (Å²) in [5, 5.41) is 9.74. The molecule has 23 heavy (non-hydrogen) atoms. The predicted octanol–water partition coefficient (Wildman–Crippen LogP) is 2.25. The number of hydrogen-bond donors (Lipinski definition) is 2. The van der Waals surface area contributed by atoms with Crippen LogP contribution < -0.4 is 4.72 Å². The van der Waals surface area contributed by atoms with Gasteiger partial charge < -0.3 is 5.11 Å². The second kappa shape index (κ2) is 6.65. The third-order valence-corrected chi connectivity index (χ3v) is 4.46. The van der Waals surface area contributed by atoms with Crippen molar-refractivity contribution in [2.24, 2.45) is 0 Å². The van der Waals surface area contributed by atoms with E-state index in [0.29, 0.717) is 0 Å². The number of hydrogen-bond acceptors (Lipinski definition) is 3. The van der Waals surface area contributed by atoms with Crippen molar-refractivity contribution in [3.63, 3.8) is 0 Å². The smallest absolute Gasteiger partial charge is 0.246 e. The average molecular weight is 349 g/mol. The van der Waals surface area contributed by atoms with Crippen LogP contribution in [0.4, 0.5) is 17.6 Å². The van der Waals surface area contributed by atoms with Gasteiger partial charge in [-0.25, -0.2) is 30.7 Å². The Bertz CT molecular complexity index is 786. The molecule has 2 aromatic carbocycles. The first-order valence-corrected chi connectivity index (χ1v) is 7.78. The Hall–Kier alpha value is -1.97. The molecule has 1 atom stereocenters. The van der Waals surface area contributed by atoms with E-state index in [1.807, 2.05) is 0 Å². The molecule has 0 spiro atoms. The molecule has 0 aliphatic heterocycles. The molecule has 0 heterocycles. The lowest BCUT2D eigenvalue weighted by Gasteiger charge is -2.14. The molecular weight excluding hydrogens is 338 g/mol. The fourth-order valence-corrected chi connectivity index (χ4v) is 3.10. The van der Waals surface area contributed by atoms with Gasteiger partial charge in [-0.05, 0) is 24.3 Å². The molecule has 0 radical (unpaired) electrons. The van der Waals surface area contributed by atoms with E-state index in [1.165, 1.54) is 0 Å². The fraction of sp³-hybridized carbons (Fsp3) is 0.143. The second-order valence-electron chi connectivity index (χ2n) is 4.55. The molecule has 2 rings (SSSR count). The number of rotatable bonds is 5. The average Bonchev–Trinajstić information content (AvgIpc) is 2.44. The van der Waals surface area contributed by atoms with Gasteiger partial charge in [-0.15, -0.1) is 0 Å². The highest BCUT2D eigenvalue weighted by Gasteiger charge is 2.26. The number of halogens is 4. The van der Waals surface area contributed by atoms with E-state index in [-0.39, 0.29) is 0 Å². The van der Waals surface area contributed by atoms with E-state index in [9.17, 15) is 31.1 Å². The van der Waals surface area contributed by atoms with Crippen molar-refractivity contribution in [1.82, 2.24) is 4.72 Å². The summed E-state index contributed by atoms with van der Waals surface area (Å²) >= 11 is 0. The number of aliphatic hydroxyl groups is 1. The summed E-state index contributed by atoms with van der Waals surface area (Å²) in [5.41, 5.74) is -0.746. The number of benzene rings is 2. The first-order chi connectivity index (χ1) is 10.7. The molecule has 0 fully saturated rings. The van der Waals surface area contributed by atoms with E-state index in [4.69, 9.17) is 0 Å². The van der Waals surface area contributed by atoms with Crippen LogP contribution in [0.5, 0.6) is 0 Å². The van der Waals surface area contributed by atoms with Crippen LogP contribution in [0.3, 0.4) is 0 Å². The molecular formula is C14H11F4NO3S. The van der Waals surface area contributed by atoms with Crippen molar-refractivity contribution >= 4 is 10.0 Å². The van der Waals surface area contributed by atoms with Crippen LogP contribution >= 0.6 is 0 Å². The summed E-state index contributed by atoms with van der Waals surface area (Å²) in [7, 11) is -4.66. The number of nitrogens with one attached hydrogen (secondary N) is 1. The lowest BCUT2D eigenvalue weighted by Crippen LogP contribution is -2.30. The van der Waals surface area contributed by atoms with Gasteiger partial charge in [0.2, 0.25) is 10.0 Å². The van der Waals surface area contributed by atoms with E-state index in [2.05, 4.69) is 0 Å². The topological polar surface area (TPSA) is 66.4 Å². The molecule has 0 aliphatic rings. The van der Waals surface area contributed by atoms with E-state index in [0.717, 1.165) is 36.4 Å². The van der Waals surface area contributed by atoms with Crippen LogP contribution in [0.2, 0.25) is 0 Å². The van der Waals surface area contributed by atoms with E-state index in [1.54, 1.807) is 4.72 Å². The minimum Gasteiger partial charge on any atom is -0.387 e. The van der Waals surface area contributed by atoms with Gasteiger partial charge in [0, 0.05) is 6.54 Å². The lowest BCUT2D eigenvalue weighted by molar-refractivity contribution is 0.172. The van der Waals surface area contributed by atoms with Crippen LogP contribution in [0.1, 0.15) is 11.7 Å². The van der Waals surface area contributed by atoms with Crippen molar-refractivity contribution in [1.29, 1.82) is 0 Å². The summed E-state index contributed by atoms with van der Waals surface area (Å²) in [6, 6.07) is 5.29. The molecule has 2 aromatic rings. The van der Waals surface area contributed by atoms with Gasteiger partial charge in [0.1, 0.15) is 23.3 Å². The summed E-state index contributed by atoms with van der Waals surface area (Å²) in [5.74, 6) is -4.81.